The summed E-state index contributed by atoms with van der Waals surface area (Å²) in [4.78, 5) is 9.22. The Morgan fingerprint density at radius 3 is 2.44 bits per heavy atom. The second-order valence-electron chi connectivity index (χ2n) is 3.51. The lowest BCUT2D eigenvalue weighted by Crippen LogP contribution is -2.16. The average Bonchev–Trinajstić information content (AvgIpc) is 2.28. The summed E-state index contributed by atoms with van der Waals surface area (Å²) in [6.07, 6.45) is 2.89. The van der Waals surface area contributed by atoms with Crippen molar-refractivity contribution in [2.45, 2.75) is 0 Å². The standard InChI is InChI=1S/C11H10N2O4S/c12-8-11-5-3-10(4-6-11)2-1-7-18(16,17)9-13(14)15/h1-6H,7,9H2. The van der Waals surface area contributed by atoms with E-state index in [1.807, 2.05) is 6.07 Å². The molecule has 0 heterocycles. The largest absolute Gasteiger partial charge is 0.301 e. The second-order valence-corrected chi connectivity index (χ2v) is 5.59. The van der Waals surface area contributed by atoms with Crippen LogP contribution in [-0.4, -0.2) is 25.0 Å². The van der Waals surface area contributed by atoms with Gasteiger partial charge in [-0.1, -0.05) is 24.3 Å². The van der Waals surface area contributed by atoms with Gasteiger partial charge in [-0.05, 0) is 17.7 Å². The van der Waals surface area contributed by atoms with E-state index in [1.54, 1.807) is 30.3 Å². The van der Waals surface area contributed by atoms with Crippen molar-refractivity contribution in [2.75, 3.05) is 11.6 Å². The summed E-state index contributed by atoms with van der Waals surface area (Å²) < 4.78 is 22.4. The van der Waals surface area contributed by atoms with Crippen LogP contribution >= 0.6 is 0 Å². The topological polar surface area (TPSA) is 101 Å². The number of nitrogens with zero attached hydrogens (tertiary/aromatic N) is 2. The fraction of sp³-hybridized carbons (Fsp3) is 0.182. The Morgan fingerprint density at radius 1 is 1.33 bits per heavy atom. The van der Waals surface area contributed by atoms with E-state index in [-0.39, 0.29) is 5.75 Å². The number of hydrogen-bond donors (Lipinski definition) is 0. The molecule has 0 aliphatic rings. The SMILES string of the molecule is N#Cc1ccc(C=CCS(=O)(=O)C[N+](=O)[O-])cc1. The summed E-state index contributed by atoms with van der Waals surface area (Å²) >= 11 is 0. The maximum atomic E-state index is 11.2. The predicted octanol–water partition coefficient (Wildman–Crippen LogP) is 1.22. The number of hydrogen-bond acceptors (Lipinski definition) is 5. The minimum absolute atomic E-state index is 0.381. The van der Waals surface area contributed by atoms with Crippen LogP contribution in [0.5, 0.6) is 0 Å². The number of benzene rings is 1. The van der Waals surface area contributed by atoms with Gasteiger partial charge in [0.2, 0.25) is 9.84 Å². The van der Waals surface area contributed by atoms with Gasteiger partial charge in [-0.2, -0.15) is 5.26 Å². The zero-order chi connectivity index (χ0) is 13.6. The lowest BCUT2D eigenvalue weighted by molar-refractivity contribution is -0.458. The van der Waals surface area contributed by atoms with Crippen molar-refractivity contribution < 1.29 is 13.3 Å². The highest BCUT2D eigenvalue weighted by atomic mass is 32.2. The number of rotatable bonds is 5. The van der Waals surface area contributed by atoms with Gasteiger partial charge >= 0.3 is 5.88 Å². The molecule has 0 amide bonds. The van der Waals surface area contributed by atoms with Gasteiger partial charge in [0.05, 0.1) is 17.4 Å². The molecule has 1 aromatic carbocycles. The van der Waals surface area contributed by atoms with Crippen LogP contribution in [0.2, 0.25) is 0 Å². The average molecular weight is 266 g/mol. The van der Waals surface area contributed by atoms with E-state index in [9.17, 15) is 18.5 Å². The van der Waals surface area contributed by atoms with Crippen LogP contribution in [0.4, 0.5) is 0 Å². The maximum Gasteiger partial charge on any atom is 0.301 e. The molecule has 0 atom stereocenters. The van der Waals surface area contributed by atoms with Crippen molar-refractivity contribution in [3.8, 4) is 6.07 Å². The maximum absolute atomic E-state index is 11.2. The van der Waals surface area contributed by atoms with Gasteiger partial charge in [0.1, 0.15) is 0 Å². The summed E-state index contributed by atoms with van der Waals surface area (Å²) in [5, 5.41) is 18.7. The number of nitro groups is 1. The van der Waals surface area contributed by atoms with Crippen LogP contribution in [0.15, 0.2) is 30.3 Å². The third kappa shape index (κ3) is 4.76. The molecule has 6 nitrogen and oxygen atoms in total. The summed E-state index contributed by atoms with van der Waals surface area (Å²) in [6.45, 7) is 0. The van der Waals surface area contributed by atoms with E-state index in [0.29, 0.717) is 5.56 Å². The van der Waals surface area contributed by atoms with Crippen LogP contribution in [-0.2, 0) is 9.84 Å². The fourth-order valence-electron chi connectivity index (χ4n) is 1.21. The first-order valence-electron chi connectivity index (χ1n) is 4.92. The number of sulfone groups is 1. The van der Waals surface area contributed by atoms with Crippen molar-refractivity contribution in [1.82, 2.24) is 0 Å². The smallest absolute Gasteiger partial charge is 0.263 e. The highest BCUT2D eigenvalue weighted by Gasteiger charge is 2.15. The van der Waals surface area contributed by atoms with Crippen LogP contribution < -0.4 is 0 Å². The lowest BCUT2D eigenvalue weighted by atomic mass is 10.1. The third-order valence-electron chi connectivity index (χ3n) is 2.00. The van der Waals surface area contributed by atoms with Crippen LogP contribution in [0.3, 0.4) is 0 Å². The molecule has 0 radical (unpaired) electrons. The van der Waals surface area contributed by atoms with Crippen LogP contribution in [0.1, 0.15) is 11.1 Å². The Morgan fingerprint density at radius 2 is 1.94 bits per heavy atom. The highest BCUT2D eigenvalue weighted by Crippen LogP contribution is 2.05. The molecular formula is C11H10N2O4S. The molecule has 1 rings (SSSR count). The van der Waals surface area contributed by atoms with Crippen LogP contribution in [0.25, 0.3) is 6.08 Å². The van der Waals surface area contributed by atoms with Crippen molar-refractivity contribution >= 4 is 15.9 Å². The van der Waals surface area contributed by atoms with Gasteiger partial charge in [-0.15, -0.1) is 0 Å². The Bertz CT molecular complexity index is 597. The Hall–Kier alpha value is -2.20. The molecule has 0 saturated carbocycles. The van der Waals surface area contributed by atoms with Crippen molar-refractivity contribution in [1.29, 1.82) is 5.26 Å². The molecule has 18 heavy (non-hydrogen) atoms. The van der Waals surface area contributed by atoms with E-state index >= 15 is 0 Å². The van der Waals surface area contributed by atoms with Gasteiger partial charge in [-0.25, -0.2) is 8.42 Å². The van der Waals surface area contributed by atoms with E-state index in [4.69, 9.17) is 5.26 Å². The van der Waals surface area contributed by atoms with Gasteiger partial charge in [-0.3, -0.25) is 10.1 Å². The first-order valence-corrected chi connectivity index (χ1v) is 6.74. The fourth-order valence-corrected chi connectivity index (χ4v) is 2.03. The summed E-state index contributed by atoms with van der Waals surface area (Å²) in [7, 11) is -3.70. The van der Waals surface area contributed by atoms with Gasteiger partial charge < -0.3 is 0 Å². The molecular weight excluding hydrogens is 256 g/mol. The zero-order valence-corrected chi connectivity index (χ0v) is 10.1. The minimum Gasteiger partial charge on any atom is -0.263 e. The van der Waals surface area contributed by atoms with E-state index < -0.39 is 20.6 Å². The molecule has 0 aromatic heterocycles. The monoisotopic (exact) mass is 266 g/mol. The first kappa shape index (κ1) is 13.9. The number of nitriles is 1. The second kappa shape index (κ2) is 5.93. The van der Waals surface area contributed by atoms with Gasteiger partial charge in [0, 0.05) is 4.92 Å². The Kier molecular flexibility index (Phi) is 4.57. The van der Waals surface area contributed by atoms with Crippen molar-refractivity contribution in [3.05, 3.63) is 51.6 Å². The molecule has 0 fully saturated rings. The minimum atomic E-state index is -3.70. The normalized spacial score (nSPS) is 11.3. The zero-order valence-electron chi connectivity index (χ0n) is 9.31. The molecule has 94 valence electrons. The Balaban J connectivity index is 2.65. The molecule has 0 aliphatic carbocycles. The summed E-state index contributed by atoms with van der Waals surface area (Å²) in [5.41, 5.74) is 1.23. The summed E-state index contributed by atoms with van der Waals surface area (Å²) in [6, 6.07) is 8.49. The quantitative estimate of drug-likeness (QED) is 0.589. The molecule has 0 spiro atoms. The van der Waals surface area contributed by atoms with E-state index in [1.165, 1.54) is 6.08 Å². The molecule has 7 heteroatoms. The van der Waals surface area contributed by atoms with E-state index in [0.717, 1.165) is 5.56 Å². The van der Waals surface area contributed by atoms with Crippen molar-refractivity contribution in [2.24, 2.45) is 0 Å². The third-order valence-corrected chi connectivity index (χ3v) is 3.31. The molecule has 0 saturated heterocycles. The van der Waals surface area contributed by atoms with Crippen molar-refractivity contribution in [3.63, 3.8) is 0 Å². The summed E-state index contributed by atoms with van der Waals surface area (Å²) in [5.74, 6) is -1.45. The molecule has 0 N–H and O–H groups in total. The highest BCUT2D eigenvalue weighted by molar-refractivity contribution is 7.91. The van der Waals surface area contributed by atoms with E-state index in [2.05, 4.69) is 0 Å². The van der Waals surface area contributed by atoms with Crippen LogP contribution in [0, 0.1) is 21.4 Å². The Labute approximate surface area is 104 Å². The lowest BCUT2D eigenvalue weighted by Gasteiger charge is -1.95. The molecule has 0 unspecified atom stereocenters. The molecule has 1 aromatic rings. The van der Waals surface area contributed by atoms with Gasteiger partial charge in [0.15, 0.2) is 0 Å². The predicted molar refractivity (Wildman–Crippen MR) is 65.8 cm³/mol. The molecule has 0 bridgehead atoms. The van der Waals surface area contributed by atoms with Gasteiger partial charge in [0.25, 0.3) is 0 Å². The molecule has 0 aliphatic heterocycles. The first-order chi connectivity index (χ1) is 8.43.